The van der Waals surface area contributed by atoms with Crippen LogP contribution in [0.5, 0.6) is 0 Å². The summed E-state index contributed by atoms with van der Waals surface area (Å²) in [5.41, 5.74) is 2.06. The highest BCUT2D eigenvalue weighted by Gasteiger charge is 2.55. The zero-order valence-electron chi connectivity index (χ0n) is 11.6. The van der Waals surface area contributed by atoms with Gasteiger partial charge in [0.25, 0.3) is 0 Å². The zero-order valence-corrected chi connectivity index (χ0v) is 11.6. The molecule has 0 spiro atoms. The van der Waals surface area contributed by atoms with Gasteiger partial charge in [-0.05, 0) is 30.7 Å². The predicted molar refractivity (Wildman–Crippen MR) is 76.2 cm³/mol. The van der Waals surface area contributed by atoms with Crippen LogP contribution in [0.25, 0.3) is 0 Å². The Labute approximate surface area is 123 Å². The number of ether oxygens (including phenoxy) is 1. The molecular formula is C17H13N3O. The van der Waals surface area contributed by atoms with E-state index in [1.165, 1.54) is 0 Å². The Bertz CT molecular complexity index is 776. The highest BCUT2D eigenvalue weighted by Crippen LogP contribution is 2.47. The largest absolute Gasteiger partial charge is 0.359 e. The number of fused-ring (bicyclic) bond motifs is 2. The minimum Gasteiger partial charge on any atom is -0.359 e. The molecule has 1 saturated heterocycles. The van der Waals surface area contributed by atoms with E-state index in [0.29, 0.717) is 12.0 Å². The summed E-state index contributed by atoms with van der Waals surface area (Å²) in [6, 6.07) is 10.2. The summed E-state index contributed by atoms with van der Waals surface area (Å²) in [7, 11) is 0. The van der Waals surface area contributed by atoms with E-state index in [-0.39, 0.29) is 18.2 Å². The van der Waals surface area contributed by atoms with Crippen molar-refractivity contribution in [1.82, 2.24) is 0 Å². The first kappa shape index (κ1) is 12.3. The van der Waals surface area contributed by atoms with Crippen molar-refractivity contribution in [3.05, 3.63) is 29.3 Å². The molecule has 4 nitrogen and oxygen atoms in total. The molecule has 4 heteroatoms. The number of benzene rings is 1. The van der Waals surface area contributed by atoms with Crippen LogP contribution in [0.1, 0.15) is 18.1 Å². The summed E-state index contributed by atoms with van der Waals surface area (Å²) in [6.45, 7) is 2.77. The van der Waals surface area contributed by atoms with E-state index in [2.05, 4.69) is 28.9 Å². The van der Waals surface area contributed by atoms with Crippen molar-refractivity contribution in [2.24, 2.45) is 5.41 Å². The number of hydrogen-bond acceptors (Lipinski definition) is 4. The smallest absolute Gasteiger partial charge is 0.145 e. The highest BCUT2D eigenvalue weighted by atomic mass is 16.5. The van der Waals surface area contributed by atoms with Gasteiger partial charge in [0, 0.05) is 18.7 Å². The highest BCUT2D eigenvalue weighted by molar-refractivity contribution is 5.65. The Kier molecular flexibility index (Phi) is 2.35. The Morgan fingerprint density at radius 2 is 2.29 bits per heavy atom. The van der Waals surface area contributed by atoms with E-state index in [1.807, 2.05) is 25.1 Å². The van der Waals surface area contributed by atoms with Gasteiger partial charge in [-0.3, -0.25) is 0 Å². The number of hydrogen-bond donors (Lipinski definition) is 0. The lowest BCUT2D eigenvalue weighted by Gasteiger charge is -2.49. The summed E-state index contributed by atoms with van der Waals surface area (Å²) in [5.74, 6) is 6.25. The van der Waals surface area contributed by atoms with Gasteiger partial charge in [0.05, 0.1) is 29.8 Å². The van der Waals surface area contributed by atoms with Gasteiger partial charge in [-0.25, -0.2) is 0 Å². The number of anilines is 1. The van der Waals surface area contributed by atoms with E-state index in [9.17, 15) is 5.26 Å². The fraction of sp³-hybridized carbons (Fsp3) is 0.412. The quantitative estimate of drug-likeness (QED) is 0.675. The van der Waals surface area contributed by atoms with E-state index in [1.54, 1.807) is 0 Å². The van der Waals surface area contributed by atoms with Crippen molar-refractivity contribution >= 4 is 5.69 Å². The Balaban J connectivity index is 1.90. The second kappa shape index (κ2) is 4.01. The van der Waals surface area contributed by atoms with Crippen LogP contribution >= 0.6 is 0 Å². The summed E-state index contributed by atoms with van der Waals surface area (Å²) in [6.07, 6.45) is 0.449. The van der Waals surface area contributed by atoms with Gasteiger partial charge in [0.15, 0.2) is 0 Å². The second-order valence-corrected chi connectivity index (χ2v) is 5.95. The Morgan fingerprint density at radius 1 is 1.43 bits per heavy atom. The van der Waals surface area contributed by atoms with Crippen LogP contribution in [0, 0.1) is 39.9 Å². The molecule has 0 saturated carbocycles. The molecule has 21 heavy (non-hydrogen) atoms. The molecule has 4 rings (SSSR count). The van der Waals surface area contributed by atoms with Gasteiger partial charge in [0.2, 0.25) is 0 Å². The van der Waals surface area contributed by atoms with Crippen molar-refractivity contribution in [2.75, 3.05) is 11.4 Å². The average molecular weight is 275 g/mol. The Hall–Kier alpha value is -2.48. The second-order valence-electron chi connectivity index (χ2n) is 5.95. The molecule has 0 amide bonds. The molecular weight excluding hydrogens is 262 g/mol. The SMILES string of the molecule is C[C@H]1CN2c3ccc(C#N)cc3CC3(C#N)C#C[C@@H](O1)[C@@H]23. The first-order valence-electron chi connectivity index (χ1n) is 7.06. The van der Waals surface area contributed by atoms with Crippen LogP contribution < -0.4 is 4.90 Å². The molecule has 0 N–H and O–H groups in total. The molecule has 102 valence electrons. The molecule has 2 heterocycles. The molecule has 2 aliphatic heterocycles. The van der Waals surface area contributed by atoms with Crippen molar-refractivity contribution in [3.63, 3.8) is 0 Å². The van der Waals surface area contributed by atoms with Crippen molar-refractivity contribution in [1.29, 1.82) is 10.5 Å². The molecule has 1 aromatic carbocycles. The average Bonchev–Trinajstić information content (AvgIpc) is 2.86. The summed E-state index contributed by atoms with van der Waals surface area (Å²) < 4.78 is 5.91. The molecule has 4 atom stereocenters. The van der Waals surface area contributed by atoms with Crippen LogP contribution in [-0.4, -0.2) is 24.8 Å². The summed E-state index contributed by atoms with van der Waals surface area (Å²) in [5, 5.41) is 18.8. The molecule has 1 aromatic rings. The van der Waals surface area contributed by atoms with Crippen molar-refractivity contribution < 1.29 is 4.74 Å². The lowest BCUT2D eigenvalue weighted by molar-refractivity contribution is -0.0205. The maximum atomic E-state index is 9.73. The standard InChI is InChI=1S/C17H13N3O/c1-11-9-20-14-3-2-12(8-18)6-13(14)7-17(10-19)5-4-15(21-11)16(17)20/h2-3,6,11,15-16H,7,9H2,1H3/t11-,15+,16+,17?/m0/s1. The van der Waals surface area contributed by atoms with Gasteiger partial charge in [-0.2, -0.15) is 10.5 Å². The van der Waals surface area contributed by atoms with E-state index in [4.69, 9.17) is 10.00 Å². The molecule has 0 bridgehead atoms. The molecule has 1 unspecified atom stereocenters. The van der Waals surface area contributed by atoms with Crippen LogP contribution in [0.2, 0.25) is 0 Å². The van der Waals surface area contributed by atoms with Crippen LogP contribution in [0.3, 0.4) is 0 Å². The first-order chi connectivity index (χ1) is 10.2. The summed E-state index contributed by atoms with van der Waals surface area (Å²) >= 11 is 0. The molecule has 1 fully saturated rings. The molecule has 1 aliphatic carbocycles. The third-order valence-electron chi connectivity index (χ3n) is 4.58. The van der Waals surface area contributed by atoms with Gasteiger partial charge in [-0.15, -0.1) is 0 Å². The monoisotopic (exact) mass is 275 g/mol. The number of nitrogens with zero attached hydrogens (tertiary/aromatic N) is 3. The Morgan fingerprint density at radius 3 is 3.05 bits per heavy atom. The van der Waals surface area contributed by atoms with E-state index < -0.39 is 5.41 Å². The predicted octanol–water partition coefficient (Wildman–Crippen LogP) is 1.60. The first-order valence-corrected chi connectivity index (χ1v) is 7.06. The fourth-order valence-corrected chi connectivity index (χ4v) is 3.74. The number of nitriles is 2. The van der Waals surface area contributed by atoms with Gasteiger partial charge in [0.1, 0.15) is 11.5 Å². The lowest BCUT2D eigenvalue weighted by Crippen LogP contribution is -2.61. The minimum atomic E-state index is -0.716. The van der Waals surface area contributed by atoms with Crippen LogP contribution in [0.4, 0.5) is 5.69 Å². The van der Waals surface area contributed by atoms with Crippen LogP contribution in [0.15, 0.2) is 18.2 Å². The van der Waals surface area contributed by atoms with Crippen LogP contribution in [-0.2, 0) is 11.2 Å². The number of morpholine rings is 1. The molecule has 0 aromatic heterocycles. The number of rotatable bonds is 0. The third kappa shape index (κ3) is 1.53. The van der Waals surface area contributed by atoms with Crippen molar-refractivity contribution in [3.8, 4) is 24.0 Å². The van der Waals surface area contributed by atoms with Crippen molar-refractivity contribution in [2.45, 2.75) is 31.6 Å². The third-order valence-corrected chi connectivity index (χ3v) is 4.58. The van der Waals surface area contributed by atoms with E-state index in [0.717, 1.165) is 17.8 Å². The normalized spacial score (nSPS) is 34.8. The molecule has 0 radical (unpaired) electrons. The lowest BCUT2D eigenvalue weighted by atomic mass is 9.73. The van der Waals surface area contributed by atoms with Gasteiger partial charge >= 0.3 is 0 Å². The zero-order chi connectivity index (χ0) is 14.6. The molecule has 3 aliphatic rings. The summed E-state index contributed by atoms with van der Waals surface area (Å²) in [4.78, 5) is 2.25. The maximum absolute atomic E-state index is 9.73. The van der Waals surface area contributed by atoms with Gasteiger partial charge in [-0.1, -0.05) is 11.8 Å². The fourth-order valence-electron chi connectivity index (χ4n) is 3.74. The minimum absolute atomic E-state index is 0.0564. The topological polar surface area (TPSA) is 60.0 Å². The maximum Gasteiger partial charge on any atom is 0.145 e. The van der Waals surface area contributed by atoms with E-state index >= 15 is 0 Å². The van der Waals surface area contributed by atoms with Gasteiger partial charge < -0.3 is 9.64 Å².